The second-order valence-electron chi connectivity index (χ2n) is 6.86. The fraction of sp³-hybridized carbons (Fsp3) is 0.250. The van der Waals surface area contributed by atoms with Crippen molar-refractivity contribution in [3.8, 4) is 10.8 Å². The van der Waals surface area contributed by atoms with Gasteiger partial charge in [0.15, 0.2) is 0 Å². The molecule has 1 aliphatic carbocycles. The lowest BCUT2D eigenvalue weighted by molar-refractivity contribution is -0.132. The van der Waals surface area contributed by atoms with Crippen LogP contribution in [0.1, 0.15) is 29.7 Å². The third-order valence-corrected chi connectivity index (χ3v) is 6.11. The monoisotopic (exact) mass is 379 g/mol. The van der Waals surface area contributed by atoms with Crippen LogP contribution < -0.4 is 5.32 Å². The largest absolute Gasteiger partial charge is 0.443 e. The zero-order valence-corrected chi connectivity index (χ0v) is 15.3. The van der Waals surface area contributed by atoms with E-state index in [0.29, 0.717) is 18.0 Å². The highest BCUT2D eigenvalue weighted by Gasteiger charge is 2.53. The molecule has 1 aliphatic heterocycles. The number of urea groups is 1. The quantitative estimate of drug-likeness (QED) is 0.704. The summed E-state index contributed by atoms with van der Waals surface area (Å²) in [5.41, 5.74) is 1.65. The third kappa shape index (κ3) is 2.49. The van der Waals surface area contributed by atoms with E-state index in [2.05, 4.69) is 10.3 Å². The maximum absolute atomic E-state index is 13.3. The Morgan fingerprint density at radius 3 is 2.96 bits per heavy atom. The molecule has 3 aromatic rings. The number of benzene rings is 1. The Hall–Kier alpha value is -2.93. The molecule has 1 spiro atoms. The summed E-state index contributed by atoms with van der Waals surface area (Å²) in [6.45, 7) is 0.101. The molecule has 2 aromatic heterocycles. The summed E-state index contributed by atoms with van der Waals surface area (Å²) in [7, 11) is 0. The molecular formula is C20H17N3O3S. The predicted octanol–water partition coefficient (Wildman–Crippen LogP) is 3.69. The predicted molar refractivity (Wildman–Crippen MR) is 100.0 cm³/mol. The third-order valence-electron chi connectivity index (χ3n) is 5.25. The Balaban J connectivity index is 1.44. The zero-order chi connectivity index (χ0) is 18.4. The first-order chi connectivity index (χ1) is 13.2. The summed E-state index contributed by atoms with van der Waals surface area (Å²) in [6, 6.07) is 11.3. The molecule has 0 unspecified atom stereocenters. The molecule has 136 valence electrons. The van der Waals surface area contributed by atoms with Gasteiger partial charge in [0.05, 0.1) is 17.1 Å². The molecule has 1 N–H and O–H groups in total. The van der Waals surface area contributed by atoms with Crippen molar-refractivity contribution in [1.82, 2.24) is 15.2 Å². The number of hydrogen-bond acceptors (Lipinski definition) is 5. The van der Waals surface area contributed by atoms with E-state index in [4.69, 9.17) is 4.42 Å². The molecule has 3 heterocycles. The average molecular weight is 379 g/mol. The summed E-state index contributed by atoms with van der Waals surface area (Å²) < 4.78 is 5.51. The average Bonchev–Trinajstić information content (AvgIpc) is 3.40. The maximum atomic E-state index is 13.3. The fourth-order valence-electron chi connectivity index (χ4n) is 4.01. The lowest BCUT2D eigenvalue weighted by Crippen LogP contribution is -2.46. The van der Waals surface area contributed by atoms with Crippen molar-refractivity contribution in [3.63, 3.8) is 0 Å². The SMILES string of the molecule is O=C1N[C@@]2(CCCc3ccccc32)C(=O)N1Cc1coc(-c2cccs2)n1. The van der Waals surface area contributed by atoms with E-state index in [0.717, 1.165) is 28.8 Å². The van der Waals surface area contributed by atoms with Crippen LogP contribution in [0.5, 0.6) is 0 Å². The van der Waals surface area contributed by atoms with E-state index >= 15 is 0 Å². The minimum absolute atomic E-state index is 0.101. The number of amides is 3. The van der Waals surface area contributed by atoms with Crippen LogP contribution in [0.15, 0.2) is 52.5 Å². The Morgan fingerprint density at radius 2 is 2.11 bits per heavy atom. The summed E-state index contributed by atoms with van der Waals surface area (Å²) in [5, 5.41) is 4.91. The van der Waals surface area contributed by atoms with Crippen LogP contribution >= 0.6 is 11.3 Å². The number of hydrogen-bond donors (Lipinski definition) is 1. The number of nitrogens with one attached hydrogen (secondary N) is 1. The second-order valence-corrected chi connectivity index (χ2v) is 7.81. The molecule has 0 bridgehead atoms. The molecule has 5 rings (SSSR count). The maximum Gasteiger partial charge on any atom is 0.325 e. The van der Waals surface area contributed by atoms with Crippen molar-refractivity contribution in [1.29, 1.82) is 0 Å². The van der Waals surface area contributed by atoms with E-state index in [1.165, 1.54) is 22.5 Å². The number of carbonyl (C=O) groups excluding carboxylic acids is 2. The number of aryl methyl sites for hydroxylation is 1. The first-order valence-electron chi connectivity index (χ1n) is 8.88. The summed E-state index contributed by atoms with van der Waals surface area (Å²) in [5.74, 6) is 0.296. The van der Waals surface area contributed by atoms with Gasteiger partial charge in [0.25, 0.3) is 5.91 Å². The summed E-state index contributed by atoms with van der Waals surface area (Å²) in [6.07, 6.45) is 3.91. The highest BCUT2D eigenvalue weighted by Crippen LogP contribution is 2.40. The van der Waals surface area contributed by atoms with Gasteiger partial charge in [-0.1, -0.05) is 30.3 Å². The molecule has 1 fully saturated rings. The van der Waals surface area contributed by atoms with Crippen LogP contribution in [0.25, 0.3) is 10.8 Å². The standard InChI is InChI=1S/C20H17N3O3S/c24-18-20(9-3-6-13-5-1-2-7-15(13)20)22-19(25)23(18)11-14-12-26-17(21-14)16-8-4-10-27-16/h1-2,4-5,7-8,10,12H,3,6,9,11H2,(H,22,25)/t20-/m1/s1. The molecule has 2 aliphatic rings. The van der Waals surface area contributed by atoms with Gasteiger partial charge in [0.2, 0.25) is 5.89 Å². The van der Waals surface area contributed by atoms with Gasteiger partial charge in [0, 0.05) is 0 Å². The van der Waals surface area contributed by atoms with Crippen molar-refractivity contribution in [2.24, 2.45) is 0 Å². The zero-order valence-electron chi connectivity index (χ0n) is 14.5. The molecule has 7 heteroatoms. The molecule has 0 saturated carbocycles. The Morgan fingerprint density at radius 1 is 1.22 bits per heavy atom. The van der Waals surface area contributed by atoms with Gasteiger partial charge in [-0.3, -0.25) is 9.69 Å². The van der Waals surface area contributed by atoms with Crippen LogP contribution in [0.4, 0.5) is 4.79 Å². The van der Waals surface area contributed by atoms with Gasteiger partial charge < -0.3 is 9.73 Å². The first-order valence-corrected chi connectivity index (χ1v) is 9.76. The van der Waals surface area contributed by atoms with Gasteiger partial charge in [-0.15, -0.1) is 11.3 Å². The summed E-state index contributed by atoms with van der Waals surface area (Å²) >= 11 is 1.53. The Labute approximate surface area is 159 Å². The van der Waals surface area contributed by atoms with E-state index in [1.807, 2.05) is 41.8 Å². The minimum Gasteiger partial charge on any atom is -0.443 e. The highest BCUT2D eigenvalue weighted by molar-refractivity contribution is 7.13. The minimum atomic E-state index is -0.952. The normalized spacial score (nSPS) is 21.6. The number of rotatable bonds is 3. The lowest BCUT2D eigenvalue weighted by atomic mass is 9.76. The van der Waals surface area contributed by atoms with Crippen molar-refractivity contribution in [2.45, 2.75) is 31.3 Å². The molecule has 27 heavy (non-hydrogen) atoms. The lowest BCUT2D eigenvalue weighted by Gasteiger charge is -2.33. The smallest absolute Gasteiger partial charge is 0.325 e. The van der Waals surface area contributed by atoms with Gasteiger partial charge in [-0.2, -0.15) is 0 Å². The van der Waals surface area contributed by atoms with Crippen LogP contribution in [0.3, 0.4) is 0 Å². The topological polar surface area (TPSA) is 75.4 Å². The van der Waals surface area contributed by atoms with Crippen LogP contribution in [0, 0.1) is 0 Å². The van der Waals surface area contributed by atoms with Crippen molar-refractivity contribution >= 4 is 23.3 Å². The Kier molecular flexibility index (Phi) is 3.65. The van der Waals surface area contributed by atoms with E-state index in [-0.39, 0.29) is 18.5 Å². The summed E-state index contributed by atoms with van der Waals surface area (Å²) in [4.78, 5) is 32.5. The van der Waals surface area contributed by atoms with Gasteiger partial charge in [0.1, 0.15) is 11.8 Å². The van der Waals surface area contributed by atoms with Gasteiger partial charge >= 0.3 is 6.03 Å². The molecule has 1 saturated heterocycles. The number of carbonyl (C=O) groups is 2. The van der Waals surface area contributed by atoms with Gasteiger partial charge in [-0.25, -0.2) is 9.78 Å². The van der Waals surface area contributed by atoms with E-state index in [1.54, 1.807) is 0 Å². The van der Waals surface area contributed by atoms with Gasteiger partial charge in [-0.05, 0) is 41.8 Å². The van der Waals surface area contributed by atoms with Crippen molar-refractivity contribution < 1.29 is 14.0 Å². The van der Waals surface area contributed by atoms with Crippen molar-refractivity contribution in [2.75, 3.05) is 0 Å². The Bertz CT molecular complexity index is 1030. The van der Waals surface area contributed by atoms with Crippen molar-refractivity contribution in [3.05, 3.63) is 64.9 Å². The van der Waals surface area contributed by atoms with Crippen LogP contribution in [0.2, 0.25) is 0 Å². The number of thiophene rings is 1. The molecule has 6 nitrogen and oxygen atoms in total. The number of aromatic nitrogens is 1. The first kappa shape index (κ1) is 16.3. The second kappa shape index (κ2) is 6.06. The number of imide groups is 1. The molecule has 0 radical (unpaired) electrons. The van der Waals surface area contributed by atoms with E-state index < -0.39 is 5.54 Å². The highest BCUT2D eigenvalue weighted by atomic mass is 32.1. The molecule has 3 amide bonds. The van der Waals surface area contributed by atoms with E-state index in [9.17, 15) is 9.59 Å². The number of nitrogens with zero attached hydrogens (tertiary/aromatic N) is 2. The molecule has 1 atom stereocenters. The number of oxazole rings is 1. The molecule has 1 aromatic carbocycles. The fourth-order valence-corrected chi connectivity index (χ4v) is 4.67. The molecular weight excluding hydrogens is 362 g/mol. The van der Waals surface area contributed by atoms with Crippen LogP contribution in [-0.2, 0) is 23.3 Å². The van der Waals surface area contributed by atoms with Crippen LogP contribution in [-0.4, -0.2) is 21.8 Å². The number of fused-ring (bicyclic) bond motifs is 2.